The monoisotopic (exact) mass is 373 g/mol. The molecule has 0 bridgehead atoms. The number of aromatic nitrogens is 1. The summed E-state index contributed by atoms with van der Waals surface area (Å²) < 4.78 is 0. The first-order chi connectivity index (χ1) is 12.8. The smallest absolute Gasteiger partial charge is 0.0712 e. The van der Waals surface area contributed by atoms with E-state index in [0.717, 1.165) is 17.0 Å². The maximum absolute atomic E-state index is 6.06. The molecule has 26 heavy (non-hydrogen) atoms. The van der Waals surface area contributed by atoms with Crippen molar-refractivity contribution in [3.8, 4) is 11.1 Å². The first-order valence-electron chi connectivity index (χ1n) is 8.69. The van der Waals surface area contributed by atoms with Gasteiger partial charge < -0.3 is 0 Å². The number of thioether (sulfide) groups is 1. The van der Waals surface area contributed by atoms with Crippen molar-refractivity contribution >= 4 is 34.3 Å². The summed E-state index contributed by atoms with van der Waals surface area (Å²) in [5.41, 5.74) is 6.15. The number of halogens is 1. The zero-order valence-corrected chi connectivity index (χ0v) is 15.6. The molecule has 0 spiro atoms. The molecule has 2 heterocycles. The van der Waals surface area contributed by atoms with Gasteiger partial charge in [-0.3, -0.25) is 4.98 Å². The molecule has 1 aromatic heterocycles. The van der Waals surface area contributed by atoms with Crippen LogP contribution in [0.15, 0.2) is 83.8 Å². The Morgan fingerprint density at radius 1 is 0.846 bits per heavy atom. The van der Waals surface area contributed by atoms with Crippen LogP contribution in [0.4, 0.5) is 0 Å². The molecule has 0 aliphatic carbocycles. The number of benzene rings is 3. The number of fused-ring (bicyclic) bond motifs is 2. The van der Waals surface area contributed by atoms with Crippen LogP contribution < -0.4 is 0 Å². The van der Waals surface area contributed by atoms with Crippen molar-refractivity contribution in [3.05, 3.63) is 95.1 Å². The van der Waals surface area contributed by atoms with Gasteiger partial charge in [-0.1, -0.05) is 72.3 Å². The van der Waals surface area contributed by atoms with E-state index >= 15 is 0 Å². The molecule has 4 aromatic rings. The highest BCUT2D eigenvalue weighted by molar-refractivity contribution is 8.00. The summed E-state index contributed by atoms with van der Waals surface area (Å²) in [5, 5.41) is 2.39. The third-order valence-corrected chi connectivity index (χ3v) is 6.51. The first-order valence-corrected chi connectivity index (χ1v) is 9.94. The van der Waals surface area contributed by atoms with E-state index in [9.17, 15) is 0 Å². The van der Waals surface area contributed by atoms with E-state index in [1.807, 2.05) is 23.9 Å². The average Bonchev–Trinajstić information content (AvgIpc) is 3.10. The molecule has 1 nitrogen and oxygen atoms in total. The molecule has 1 aliphatic rings. The first kappa shape index (κ1) is 15.9. The maximum atomic E-state index is 6.06. The van der Waals surface area contributed by atoms with Gasteiger partial charge in [0.05, 0.1) is 11.2 Å². The Morgan fingerprint density at radius 2 is 1.58 bits per heavy atom. The average molecular weight is 374 g/mol. The lowest BCUT2D eigenvalue weighted by Crippen LogP contribution is -1.95. The molecule has 3 heteroatoms. The van der Waals surface area contributed by atoms with E-state index in [4.69, 9.17) is 16.6 Å². The number of nitrogens with zero attached hydrogens (tertiary/aromatic N) is 1. The Kier molecular flexibility index (Phi) is 3.96. The van der Waals surface area contributed by atoms with Crippen molar-refractivity contribution in [1.82, 2.24) is 4.98 Å². The summed E-state index contributed by atoms with van der Waals surface area (Å²) in [6.07, 6.45) is 0.951. The van der Waals surface area contributed by atoms with Crippen LogP contribution in [0.5, 0.6) is 0 Å². The lowest BCUT2D eigenvalue weighted by molar-refractivity contribution is 0.912. The topological polar surface area (TPSA) is 12.9 Å². The maximum Gasteiger partial charge on any atom is 0.0712 e. The normalized spacial score (nSPS) is 16.0. The summed E-state index contributed by atoms with van der Waals surface area (Å²) >= 11 is 7.99. The Bertz CT molecular complexity index is 1090. The van der Waals surface area contributed by atoms with Crippen LogP contribution in [0.2, 0.25) is 5.02 Å². The fourth-order valence-electron chi connectivity index (χ4n) is 3.62. The molecule has 1 aliphatic heterocycles. The summed E-state index contributed by atoms with van der Waals surface area (Å²) in [6, 6.07) is 27.3. The van der Waals surface area contributed by atoms with Crippen molar-refractivity contribution in [2.24, 2.45) is 0 Å². The van der Waals surface area contributed by atoms with E-state index in [2.05, 4.69) is 66.7 Å². The minimum Gasteiger partial charge on any atom is -0.252 e. The number of pyridine rings is 1. The molecule has 0 radical (unpaired) electrons. The van der Waals surface area contributed by atoms with Crippen LogP contribution in [0.25, 0.3) is 22.0 Å². The molecule has 0 amide bonds. The molecule has 0 N–H and O–H groups in total. The molecular weight excluding hydrogens is 358 g/mol. The minimum atomic E-state index is 0.383. The van der Waals surface area contributed by atoms with Crippen molar-refractivity contribution in [2.75, 3.05) is 0 Å². The number of rotatable bonds is 2. The fraction of sp³-hybridized carbons (Fsp3) is 0.0870. The van der Waals surface area contributed by atoms with Crippen LogP contribution in [0.3, 0.4) is 0 Å². The molecular formula is C23H16ClNS. The number of para-hydroxylation sites is 1. The van der Waals surface area contributed by atoms with Crippen molar-refractivity contribution < 1.29 is 0 Å². The van der Waals surface area contributed by atoms with Crippen molar-refractivity contribution in [1.29, 1.82) is 0 Å². The summed E-state index contributed by atoms with van der Waals surface area (Å²) in [7, 11) is 0. The second-order valence-corrected chi connectivity index (χ2v) is 8.16. The quantitative estimate of drug-likeness (QED) is 0.377. The van der Waals surface area contributed by atoms with E-state index in [0.29, 0.717) is 5.25 Å². The summed E-state index contributed by atoms with van der Waals surface area (Å²) in [5.74, 6) is 0. The highest BCUT2D eigenvalue weighted by Crippen LogP contribution is 2.51. The van der Waals surface area contributed by atoms with E-state index in [1.165, 1.54) is 32.7 Å². The zero-order chi connectivity index (χ0) is 17.5. The highest BCUT2D eigenvalue weighted by Gasteiger charge is 2.29. The molecule has 0 saturated heterocycles. The van der Waals surface area contributed by atoms with Crippen LogP contribution >= 0.6 is 23.4 Å². The fourth-order valence-corrected chi connectivity index (χ4v) is 5.18. The molecule has 1 atom stereocenters. The van der Waals surface area contributed by atoms with E-state index in [1.54, 1.807) is 0 Å². The standard InChI is InChI=1S/C23H16ClNS/c24-17-12-10-15(11-13-17)21-14-20-23(26-21)22(16-6-2-1-3-7-16)18-8-4-5-9-19(18)25-20/h1-13,21H,14H2. The van der Waals surface area contributed by atoms with E-state index < -0.39 is 0 Å². The van der Waals surface area contributed by atoms with Gasteiger partial charge in [0.15, 0.2) is 0 Å². The van der Waals surface area contributed by atoms with Gasteiger partial charge in [0.25, 0.3) is 0 Å². The summed E-state index contributed by atoms with van der Waals surface area (Å²) in [4.78, 5) is 6.30. The van der Waals surface area contributed by atoms with Crippen LogP contribution in [-0.4, -0.2) is 4.98 Å². The van der Waals surface area contributed by atoms with Crippen molar-refractivity contribution in [2.45, 2.75) is 16.6 Å². The second-order valence-electron chi connectivity index (χ2n) is 6.51. The molecule has 3 aromatic carbocycles. The van der Waals surface area contributed by atoms with Gasteiger partial charge >= 0.3 is 0 Å². The molecule has 0 fully saturated rings. The molecule has 5 rings (SSSR count). The third kappa shape index (κ3) is 2.70. The van der Waals surface area contributed by atoms with Gasteiger partial charge in [-0.25, -0.2) is 0 Å². The molecule has 1 unspecified atom stereocenters. The third-order valence-electron chi connectivity index (χ3n) is 4.86. The van der Waals surface area contributed by atoms with Gasteiger partial charge in [-0.15, -0.1) is 11.8 Å². The molecule has 0 saturated carbocycles. The Morgan fingerprint density at radius 3 is 2.38 bits per heavy atom. The summed E-state index contributed by atoms with van der Waals surface area (Å²) in [6.45, 7) is 0. The lowest BCUT2D eigenvalue weighted by Gasteiger charge is -2.12. The predicted molar refractivity (Wildman–Crippen MR) is 111 cm³/mol. The van der Waals surface area contributed by atoms with Gasteiger partial charge in [0.2, 0.25) is 0 Å². The van der Waals surface area contributed by atoms with Crippen LogP contribution in [-0.2, 0) is 6.42 Å². The Balaban J connectivity index is 1.69. The van der Waals surface area contributed by atoms with Crippen LogP contribution in [0.1, 0.15) is 16.5 Å². The Labute approximate surface area is 162 Å². The largest absolute Gasteiger partial charge is 0.252 e. The van der Waals surface area contributed by atoms with E-state index in [-0.39, 0.29) is 0 Å². The SMILES string of the molecule is Clc1ccc(C2Cc3nc4ccccc4c(-c4ccccc4)c3S2)cc1. The van der Waals surface area contributed by atoms with Crippen LogP contribution in [0, 0.1) is 0 Å². The highest BCUT2D eigenvalue weighted by atomic mass is 35.5. The van der Waals surface area contributed by atoms with Gasteiger partial charge in [0, 0.05) is 32.5 Å². The Hall–Kier alpha value is -2.29. The molecule has 126 valence electrons. The van der Waals surface area contributed by atoms with Gasteiger partial charge in [-0.2, -0.15) is 0 Å². The van der Waals surface area contributed by atoms with Gasteiger partial charge in [0.1, 0.15) is 0 Å². The zero-order valence-electron chi connectivity index (χ0n) is 14.0. The van der Waals surface area contributed by atoms with Gasteiger partial charge in [-0.05, 0) is 29.3 Å². The lowest BCUT2D eigenvalue weighted by atomic mass is 9.98. The number of hydrogen-bond donors (Lipinski definition) is 0. The number of hydrogen-bond acceptors (Lipinski definition) is 2. The second kappa shape index (κ2) is 6.46. The minimum absolute atomic E-state index is 0.383. The predicted octanol–water partition coefficient (Wildman–Crippen LogP) is 6.94. The van der Waals surface area contributed by atoms with Crippen molar-refractivity contribution in [3.63, 3.8) is 0 Å².